The highest BCUT2D eigenvalue weighted by molar-refractivity contribution is 7.07. The van der Waals surface area contributed by atoms with Gasteiger partial charge >= 0.3 is 0 Å². The van der Waals surface area contributed by atoms with Gasteiger partial charge in [-0.1, -0.05) is 24.3 Å². The monoisotopic (exact) mass is 495 g/mol. The largest absolute Gasteiger partial charge is 0.492 e. The molecule has 3 aromatic rings. The first kappa shape index (κ1) is 25.9. The Morgan fingerprint density at radius 3 is 2.60 bits per heavy atom. The molecule has 0 unspecified atom stereocenters. The van der Waals surface area contributed by atoms with Crippen LogP contribution in [-0.4, -0.2) is 30.3 Å². The van der Waals surface area contributed by atoms with Gasteiger partial charge in [-0.05, 0) is 56.2 Å². The molecule has 2 aromatic carbocycles. The van der Waals surface area contributed by atoms with E-state index in [1.165, 1.54) is 16.7 Å². The van der Waals surface area contributed by atoms with Crippen molar-refractivity contribution < 1.29 is 18.7 Å². The Morgan fingerprint density at radius 2 is 1.91 bits per heavy atom. The maximum absolute atomic E-state index is 13.3. The Morgan fingerprint density at radius 1 is 1.17 bits per heavy atom. The van der Waals surface area contributed by atoms with Crippen LogP contribution in [0, 0.1) is 17.1 Å². The van der Waals surface area contributed by atoms with Crippen molar-refractivity contribution in [3.63, 3.8) is 0 Å². The number of rotatable bonds is 10. The lowest BCUT2D eigenvalue weighted by molar-refractivity contribution is -0.111. The van der Waals surface area contributed by atoms with Gasteiger partial charge in [-0.25, -0.2) is 4.39 Å². The zero-order chi connectivity index (χ0) is 25.2. The zero-order valence-electron chi connectivity index (χ0n) is 19.5. The van der Waals surface area contributed by atoms with Gasteiger partial charge in [0.15, 0.2) is 5.57 Å². The molecule has 0 bridgehead atoms. The number of anilines is 1. The molecule has 7 nitrogen and oxygen atoms in total. The fourth-order valence-corrected chi connectivity index (χ4v) is 4.45. The molecule has 1 N–H and O–H groups in total. The number of benzene rings is 2. The number of aromatic nitrogens is 1. The first-order valence-electron chi connectivity index (χ1n) is 11.2. The third kappa shape index (κ3) is 6.66. The summed E-state index contributed by atoms with van der Waals surface area (Å²) < 4.78 is 26.2. The van der Waals surface area contributed by atoms with E-state index in [0.717, 1.165) is 11.3 Å². The molecule has 0 atom stereocenters. The number of carbonyl (C=O) groups is 1. The minimum Gasteiger partial charge on any atom is -0.492 e. The second kappa shape index (κ2) is 12.6. The fraction of sp³-hybridized carbons (Fsp3) is 0.269. The summed E-state index contributed by atoms with van der Waals surface area (Å²) >= 11 is 1.04. The van der Waals surface area contributed by atoms with E-state index in [4.69, 9.17) is 9.47 Å². The molecule has 182 valence electrons. The molecule has 0 aliphatic heterocycles. The summed E-state index contributed by atoms with van der Waals surface area (Å²) in [6, 6.07) is 14.6. The Bertz CT molecular complexity index is 1390. The summed E-state index contributed by atoms with van der Waals surface area (Å²) in [7, 11) is 0. The molecule has 9 heteroatoms. The van der Waals surface area contributed by atoms with E-state index < -0.39 is 5.91 Å². The van der Waals surface area contributed by atoms with Crippen LogP contribution in [0.1, 0.15) is 25.8 Å². The maximum atomic E-state index is 13.3. The summed E-state index contributed by atoms with van der Waals surface area (Å²) in [4.78, 5) is 26.4. The number of amides is 1. The second-order valence-corrected chi connectivity index (χ2v) is 8.38. The lowest BCUT2D eigenvalue weighted by Gasteiger charge is -2.11. The first-order valence-corrected chi connectivity index (χ1v) is 12.0. The second-order valence-electron chi connectivity index (χ2n) is 7.34. The highest BCUT2D eigenvalue weighted by atomic mass is 32.1. The van der Waals surface area contributed by atoms with E-state index in [9.17, 15) is 19.2 Å². The van der Waals surface area contributed by atoms with Crippen molar-refractivity contribution in [1.29, 1.82) is 5.26 Å². The normalized spacial score (nSPS) is 12.2. The van der Waals surface area contributed by atoms with Crippen LogP contribution in [0.3, 0.4) is 0 Å². The van der Waals surface area contributed by atoms with Crippen molar-refractivity contribution >= 4 is 34.6 Å². The molecule has 3 rings (SSSR count). The predicted molar refractivity (Wildman–Crippen MR) is 134 cm³/mol. The number of hydrogen-bond donors (Lipinski definition) is 1. The number of ether oxygens (including phenoxy) is 2. The Labute approximate surface area is 206 Å². The summed E-state index contributed by atoms with van der Waals surface area (Å²) in [6.45, 7) is 5.38. The topological polar surface area (TPSA) is 93.4 Å². The highest BCUT2D eigenvalue weighted by Crippen LogP contribution is 2.24. The Kier molecular flexibility index (Phi) is 9.35. The lowest BCUT2D eigenvalue weighted by Crippen LogP contribution is -2.34. The molecule has 1 amide bonds. The average Bonchev–Trinajstić information content (AvgIpc) is 3.15. The third-order valence-corrected chi connectivity index (χ3v) is 6.07. The number of nitrogens with zero attached hydrogens (tertiary/aromatic N) is 2. The molecule has 0 aliphatic rings. The molecule has 0 fully saturated rings. The van der Waals surface area contributed by atoms with E-state index in [1.54, 1.807) is 42.5 Å². The van der Waals surface area contributed by atoms with Crippen LogP contribution in [0.2, 0.25) is 0 Å². The molecule has 0 aliphatic carbocycles. The van der Waals surface area contributed by atoms with Crippen LogP contribution in [0.4, 0.5) is 10.1 Å². The SMILES string of the molecule is CCOCCCn1c(=O)/c(=C\c2ccc(F)cc2)s/c1=C(/C#N)C(=O)Nc1ccccc1OCC. The molecule has 0 saturated heterocycles. The van der Waals surface area contributed by atoms with Crippen LogP contribution in [-0.2, 0) is 16.1 Å². The molecule has 0 radical (unpaired) electrons. The minimum absolute atomic E-state index is 0.187. The Hall–Kier alpha value is -3.74. The number of halogens is 1. The van der Waals surface area contributed by atoms with Gasteiger partial charge in [0.1, 0.15) is 22.3 Å². The Balaban J connectivity index is 2.10. The van der Waals surface area contributed by atoms with Gasteiger partial charge < -0.3 is 14.8 Å². The highest BCUT2D eigenvalue weighted by Gasteiger charge is 2.17. The fourth-order valence-electron chi connectivity index (χ4n) is 3.32. The molecule has 0 spiro atoms. The van der Waals surface area contributed by atoms with E-state index in [0.29, 0.717) is 47.8 Å². The lowest BCUT2D eigenvalue weighted by atomic mass is 10.2. The average molecular weight is 496 g/mol. The van der Waals surface area contributed by atoms with E-state index >= 15 is 0 Å². The summed E-state index contributed by atoms with van der Waals surface area (Å²) in [5.74, 6) is -0.550. The van der Waals surface area contributed by atoms with Crippen molar-refractivity contribution in [2.45, 2.75) is 26.8 Å². The van der Waals surface area contributed by atoms with Crippen LogP contribution in [0.5, 0.6) is 5.75 Å². The summed E-state index contributed by atoms with van der Waals surface area (Å²) in [5, 5.41) is 12.6. The smallest absolute Gasteiger partial charge is 0.269 e. The quantitative estimate of drug-likeness (QED) is 0.437. The molecule has 35 heavy (non-hydrogen) atoms. The zero-order valence-corrected chi connectivity index (χ0v) is 20.4. The number of nitrogens with one attached hydrogen (secondary N) is 1. The molecular weight excluding hydrogens is 469 g/mol. The van der Waals surface area contributed by atoms with Gasteiger partial charge in [0, 0.05) is 19.8 Å². The van der Waals surface area contributed by atoms with Gasteiger partial charge in [-0.3, -0.25) is 14.2 Å². The van der Waals surface area contributed by atoms with Crippen molar-refractivity contribution in [1.82, 2.24) is 4.57 Å². The van der Waals surface area contributed by atoms with Gasteiger partial charge in [-0.2, -0.15) is 5.26 Å². The van der Waals surface area contributed by atoms with Gasteiger partial charge in [0.05, 0.1) is 16.8 Å². The molecule has 1 heterocycles. The number of thiazole rings is 1. The summed E-state index contributed by atoms with van der Waals surface area (Å²) in [6.07, 6.45) is 2.15. The molecule has 1 aromatic heterocycles. The van der Waals surface area contributed by atoms with Gasteiger partial charge in [0.25, 0.3) is 11.5 Å². The van der Waals surface area contributed by atoms with Crippen LogP contribution in [0.15, 0.2) is 53.3 Å². The minimum atomic E-state index is -0.646. The first-order chi connectivity index (χ1) is 17.0. The van der Waals surface area contributed by atoms with E-state index in [2.05, 4.69) is 5.32 Å². The van der Waals surface area contributed by atoms with Crippen molar-refractivity contribution in [2.75, 3.05) is 25.1 Å². The maximum Gasteiger partial charge on any atom is 0.269 e. The number of carbonyl (C=O) groups excluding carboxylic acids is 1. The number of para-hydroxylation sites is 2. The predicted octanol–water partition coefficient (Wildman–Crippen LogP) is 3.02. The van der Waals surface area contributed by atoms with Crippen molar-refractivity contribution in [2.24, 2.45) is 0 Å². The van der Waals surface area contributed by atoms with Crippen molar-refractivity contribution in [3.05, 3.63) is 79.5 Å². The van der Waals surface area contributed by atoms with Gasteiger partial charge in [-0.15, -0.1) is 11.3 Å². The molecular formula is C26H26FN3O4S. The van der Waals surface area contributed by atoms with E-state index in [1.807, 2.05) is 19.9 Å². The van der Waals surface area contributed by atoms with Crippen molar-refractivity contribution in [3.8, 4) is 11.8 Å². The standard InChI is InChI=1S/C26H26FN3O4S/c1-3-33-15-7-14-30-25(32)23(16-18-10-12-19(27)13-11-18)35-26(30)20(17-28)24(31)29-21-8-5-6-9-22(21)34-4-2/h5-6,8-13,16H,3-4,7,14-15H2,1-2H3,(H,29,31)/b23-16+,26-20-. The number of hydrogen-bond acceptors (Lipinski definition) is 6. The molecule has 0 saturated carbocycles. The summed E-state index contributed by atoms with van der Waals surface area (Å²) in [5.41, 5.74) is 0.535. The van der Waals surface area contributed by atoms with Gasteiger partial charge in [0.2, 0.25) is 0 Å². The van der Waals surface area contributed by atoms with Crippen LogP contribution in [0.25, 0.3) is 11.6 Å². The third-order valence-electron chi connectivity index (χ3n) is 4.94. The van der Waals surface area contributed by atoms with Crippen LogP contribution < -0.4 is 24.8 Å². The number of nitriles is 1. The van der Waals surface area contributed by atoms with E-state index in [-0.39, 0.29) is 28.2 Å². The van der Waals surface area contributed by atoms with Crippen LogP contribution >= 0.6 is 11.3 Å².